The Labute approximate surface area is 153 Å². The number of pyridine rings is 1. The van der Waals surface area contributed by atoms with Crippen LogP contribution in [0.5, 0.6) is 0 Å². The van der Waals surface area contributed by atoms with Crippen LogP contribution in [0.3, 0.4) is 0 Å². The Hall–Kier alpha value is -3.14. The Balaban J connectivity index is 1.91. The smallest absolute Gasteiger partial charge is 0.259 e. The molecule has 1 amide bonds. The molecule has 0 aliphatic rings. The first-order valence-electron chi connectivity index (χ1n) is 8.55. The number of benzene rings is 2. The van der Waals surface area contributed by atoms with E-state index in [9.17, 15) is 9.59 Å². The number of nitrogens with zero attached hydrogens (tertiary/aromatic N) is 2. The molecule has 1 heterocycles. The fourth-order valence-electron chi connectivity index (χ4n) is 2.90. The molecular weight excluding hydrogens is 324 g/mol. The summed E-state index contributed by atoms with van der Waals surface area (Å²) in [6, 6.07) is 18.7. The van der Waals surface area contributed by atoms with Gasteiger partial charge in [0.05, 0.1) is 12.1 Å². The van der Waals surface area contributed by atoms with Gasteiger partial charge >= 0.3 is 0 Å². The number of rotatable bonds is 4. The lowest BCUT2D eigenvalue weighted by Crippen LogP contribution is -2.28. The predicted octanol–water partition coefficient (Wildman–Crippen LogP) is 3.79. The first kappa shape index (κ1) is 17.7. The fourth-order valence-corrected chi connectivity index (χ4v) is 2.90. The maximum Gasteiger partial charge on any atom is 0.259 e. The largest absolute Gasteiger partial charge is 0.311 e. The van der Waals surface area contributed by atoms with Crippen LogP contribution in [0.1, 0.15) is 27.0 Å². The SMILES string of the molecule is Cc1ccc(C)c(Cn2cc(C(=O)N(C)c3ccccc3)ccc2=O)c1. The standard InChI is InChI=1S/C22H22N2O2/c1-16-9-10-17(2)19(13-16)15-24-14-18(11-12-21(24)25)22(26)23(3)20-7-5-4-6-8-20/h4-14H,15H2,1-3H3. The summed E-state index contributed by atoms with van der Waals surface area (Å²) in [4.78, 5) is 26.7. The quantitative estimate of drug-likeness (QED) is 0.721. The normalized spacial score (nSPS) is 10.6. The topological polar surface area (TPSA) is 42.3 Å². The molecular formula is C22H22N2O2. The maximum atomic E-state index is 12.8. The molecule has 0 bridgehead atoms. The van der Waals surface area contributed by atoms with Gasteiger partial charge in [-0.05, 0) is 43.2 Å². The minimum absolute atomic E-state index is 0.121. The molecule has 4 nitrogen and oxygen atoms in total. The van der Waals surface area contributed by atoms with Crippen molar-refractivity contribution in [3.05, 3.63) is 99.5 Å². The Morgan fingerprint density at radius 2 is 1.73 bits per heavy atom. The molecule has 0 radical (unpaired) electrons. The molecule has 0 spiro atoms. The summed E-state index contributed by atoms with van der Waals surface area (Å²) in [7, 11) is 1.73. The van der Waals surface area contributed by atoms with Gasteiger partial charge in [-0.2, -0.15) is 0 Å². The molecule has 1 aromatic heterocycles. The van der Waals surface area contributed by atoms with Gasteiger partial charge < -0.3 is 9.47 Å². The van der Waals surface area contributed by atoms with Crippen molar-refractivity contribution < 1.29 is 4.79 Å². The molecule has 3 aromatic rings. The van der Waals surface area contributed by atoms with Crippen LogP contribution in [0.4, 0.5) is 5.69 Å². The highest BCUT2D eigenvalue weighted by molar-refractivity contribution is 6.05. The second-order valence-electron chi connectivity index (χ2n) is 6.51. The molecule has 0 saturated heterocycles. The van der Waals surface area contributed by atoms with Crippen LogP contribution in [-0.4, -0.2) is 17.5 Å². The summed E-state index contributed by atoms with van der Waals surface area (Å²) < 4.78 is 1.59. The number of aryl methyl sites for hydroxylation is 2. The van der Waals surface area contributed by atoms with Gasteiger partial charge in [0.2, 0.25) is 0 Å². The van der Waals surface area contributed by atoms with Gasteiger partial charge in [0.15, 0.2) is 0 Å². The number of amides is 1. The Bertz CT molecular complexity index is 991. The number of hydrogen-bond acceptors (Lipinski definition) is 2. The van der Waals surface area contributed by atoms with Crippen molar-refractivity contribution in [3.8, 4) is 0 Å². The van der Waals surface area contributed by atoms with Gasteiger partial charge in [-0.25, -0.2) is 0 Å². The lowest BCUT2D eigenvalue weighted by Gasteiger charge is -2.18. The van der Waals surface area contributed by atoms with E-state index in [2.05, 4.69) is 12.1 Å². The zero-order valence-electron chi connectivity index (χ0n) is 15.3. The minimum Gasteiger partial charge on any atom is -0.311 e. The van der Waals surface area contributed by atoms with E-state index in [1.807, 2.05) is 50.2 Å². The molecule has 2 aromatic carbocycles. The lowest BCUT2D eigenvalue weighted by atomic mass is 10.1. The number of carbonyl (C=O) groups is 1. The van der Waals surface area contributed by atoms with Crippen LogP contribution < -0.4 is 10.5 Å². The zero-order chi connectivity index (χ0) is 18.7. The third-order valence-corrected chi connectivity index (χ3v) is 4.52. The maximum absolute atomic E-state index is 12.8. The van der Waals surface area contributed by atoms with Crippen LogP contribution in [-0.2, 0) is 6.54 Å². The number of anilines is 1. The third kappa shape index (κ3) is 3.75. The van der Waals surface area contributed by atoms with Gasteiger partial charge in [-0.15, -0.1) is 0 Å². The molecule has 0 aliphatic carbocycles. The van der Waals surface area contributed by atoms with E-state index in [4.69, 9.17) is 0 Å². The van der Waals surface area contributed by atoms with Gasteiger partial charge in [0.1, 0.15) is 0 Å². The summed E-state index contributed by atoms with van der Waals surface area (Å²) >= 11 is 0. The van der Waals surface area contributed by atoms with E-state index in [-0.39, 0.29) is 11.5 Å². The van der Waals surface area contributed by atoms with E-state index in [1.165, 1.54) is 6.07 Å². The van der Waals surface area contributed by atoms with Crippen molar-refractivity contribution in [1.29, 1.82) is 0 Å². The van der Waals surface area contributed by atoms with Crippen LogP contribution in [0.25, 0.3) is 0 Å². The first-order chi connectivity index (χ1) is 12.5. The van der Waals surface area contributed by atoms with Gasteiger partial charge in [0.25, 0.3) is 11.5 Å². The van der Waals surface area contributed by atoms with Crippen molar-refractivity contribution >= 4 is 11.6 Å². The Morgan fingerprint density at radius 3 is 2.46 bits per heavy atom. The lowest BCUT2D eigenvalue weighted by molar-refractivity contribution is 0.0992. The second-order valence-corrected chi connectivity index (χ2v) is 6.51. The molecule has 132 valence electrons. The number of para-hydroxylation sites is 1. The summed E-state index contributed by atoms with van der Waals surface area (Å²) in [5.41, 5.74) is 4.53. The molecule has 26 heavy (non-hydrogen) atoms. The number of hydrogen-bond donors (Lipinski definition) is 0. The molecule has 0 atom stereocenters. The first-order valence-corrected chi connectivity index (χ1v) is 8.55. The van der Waals surface area contributed by atoms with Crippen molar-refractivity contribution in [2.45, 2.75) is 20.4 Å². The Morgan fingerprint density at radius 1 is 1.00 bits per heavy atom. The minimum atomic E-state index is -0.147. The summed E-state index contributed by atoms with van der Waals surface area (Å²) in [6.45, 7) is 4.50. The highest BCUT2D eigenvalue weighted by Gasteiger charge is 2.14. The van der Waals surface area contributed by atoms with Crippen molar-refractivity contribution in [2.24, 2.45) is 0 Å². The number of carbonyl (C=O) groups excluding carboxylic acids is 1. The van der Waals surface area contributed by atoms with Crippen molar-refractivity contribution in [2.75, 3.05) is 11.9 Å². The highest BCUT2D eigenvalue weighted by atomic mass is 16.2. The molecule has 4 heteroatoms. The van der Waals surface area contributed by atoms with E-state index >= 15 is 0 Å². The average molecular weight is 346 g/mol. The van der Waals surface area contributed by atoms with Crippen molar-refractivity contribution in [3.63, 3.8) is 0 Å². The van der Waals surface area contributed by atoms with E-state index < -0.39 is 0 Å². The summed E-state index contributed by atoms with van der Waals surface area (Å²) in [5.74, 6) is -0.147. The number of aromatic nitrogens is 1. The second kappa shape index (κ2) is 7.40. The van der Waals surface area contributed by atoms with Crippen LogP contribution in [0.2, 0.25) is 0 Å². The van der Waals surface area contributed by atoms with E-state index in [0.29, 0.717) is 12.1 Å². The van der Waals surface area contributed by atoms with Gasteiger partial charge in [0, 0.05) is 25.0 Å². The average Bonchev–Trinajstić information content (AvgIpc) is 2.66. The molecule has 3 rings (SSSR count). The Kier molecular flexibility index (Phi) is 5.03. The van der Waals surface area contributed by atoms with Crippen LogP contribution in [0, 0.1) is 13.8 Å². The van der Waals surface area contributed by atoms with E-state index in [1.54, 1.807) is 28.8 Å². The van der Waals surface area contributed by atoms with Crippen LogP contribution in [0.15, 0.2) is 71.7 Å². The third-order valence-electron chi connectivity index (χ3n) is 4.52. The van der Waals surface area contributed by atoms with Gasteiger partial charge in [-0.1, -0.05) is 42.0 Å². The molecule has 0 saturated carbocycles. The summed E-state index contributed by atoms with van der Waals surface area (Å²) in [5, 5.41) is 0. The zero-order valence-corrected chi connectivity index (χ0v) is 15.3. The summed E-state index contributed by atoms with van der Waals surface area (Å²) in [6.07, 6.45) is 1.64. The fraction of sp³-hybridized carbons (Fsp3) is 0.182. The molecule has 0 fully saturated rings. The van der Waals surface area contributed by atoms with Gasteiger partial charge in [-0.3, -0.25) is 9.59 Å². The van der Waals surface area contributed by atoms with Crippen LogP contribution >= 0.6 is 0 Å². The predicted molar refractivity (Wildman–Crippen MR) is 105 cm³/mol. The van der Waals surface area contributed by atoms with Crippen molar-refractivity contribution in [1.82, 2.24) is 4.57 Å². The molecule has 0 N–H and O–H groups in total. The monoisotopic (exact) mass is 346 g/mol. The highest BCUT2D eigenvalue weighted by Crippen LogP contribution is 2.15. The molecule has 0 aliphatic heterocycles. The van der Waals surface area contributed by atoms with E-state index in [0.717, 1.165) is 22.4 Å². The molecule has 0 unspecified atom stereocenters.